The third kappa shape index (κ3) is 2.72. The fourth-order valence-electron chi connectivity index (χ4n) is 2.90. The van der Waals surface area contributed by atoms with Crippen molar-refractivity contribution in [1.82, 2.24) is 5.32 Å². The average molecular weight is 252 g/mol. The van der Waals surface area contributed by atoms with E-state index in [4.69, 9.17) is 4.42 Å². The molecule has 0 saturated heterocycles. The van der Waals surface area contributed by atoms with Gasteiger partial charge in [-0.3, -0.25) is 10.1 Å². The predicted molar refractivity (Wildman–Crippen MR) is 68.2 cm³/mol. The first kappa shape index (κ1) is 13.1. The van der Waals surface area contributed by atoms with Gasteiger partial charge < -0.3 is 9.73 Å². The second kappa shape index (κ2) is 5.52. The molecule has 1 aromatic heterocycles. The van der Waals surface area contributed by atoms with Crippen LogP contribution in [0.15, 0.2) is 16.5 Å². The molecule has 0 spiro atoms. The zero-order chi connectivity index (χ0) is 13.1. The standard InChI is InChI=1S/C13H20N2O3/c1-3-10-4-6-12(9(10)2)14-8-11-5-7-13(18-11)15(16)17/h5,7,9-10,12,14H,3-4,6,8H2,1-2H3. The Balaban J connectivity index is 1.86. The molecular formula is C13H20N2O3. The Bertz CT molecular complexity index is 416. The summed E-state index contributed by atoms with van der Waals surface area (Å²) in [6, 6.07) is 3.57. The Kier molecular flexibility index (Phi) is 4.01. The van der Waals surface area contributed by atoms with Crippen LogP contribution < -0.4 is 5.32 Å². The van der Waals surface area contributed by atoms with Crippen LogP contribution in [0.2, 0.25) is 0 Å². The third-order valence-electron chi connectivity index (χ3n) is 4.12. The number of furan rings is 1. The summed E-state index contributed by atoms with van der Waals surface area (Å²) in [6.45, 7) is 5.09. The van der Waals surface area contributed by atoms with Gasteiger partial charge in [0.25, 0.3) is 0 Å². The molecule has 1 saturated carbocycles. The molecule has 3 unspecified atom stereocenters. The van der Waals surface area contributed by atoms with Crippen LogP contribution in [0, 0.1) is 22.0 Å². The Morgan fingerprint density at radius 1 is 1.50 bits per heavy atom. The number of hydrogen-bond donors (Lipinski definition) is 1. The maximum Gasteiger partial charge on any atom is 0.433 e. The van der Waals surface area contributed by atoms with Gasteiger partial charge in [0.1, 0.15) is 10.7 Å². The smallest absolute Gasteiger partial charge is 0.404 e. The molecule has 0 bridgehead atoms. The van der Waals surface area contributed by atoms with Crippen LogP contribution in [0.4, 0.5) is 5.88 Å². The maximum absolute atomic E-state index is 10.5. The summed E-state index contributed by atoms with van der Waals surface area (Å²) in [5.41, 5.74) is 0. The lowest BCUT2D eigenvalue weighted by Gasteiger charge is -2.20. The lowest BCUT2D eigenvalue weighted by molar-refractivity contribution is -0.402. The van der Waals surface area contributed by atoms with Gasteiger partial charge in [0, 0.05) is 6.04 Å². The Labute approximate surface area is 107 Å². The van der Waals surface area contributed by atoms with Crippen molar-refractivity contribution in [2.24, 2.45) is 11.8 Å². The molecule has 1 N–H and O–H groups in total. The summed E-state index contributed by atoms with van der Waals surface area (Å²) in [6.07, 6.45) is 3.68. The molecule has 0 aromatic carbocycles. The monoisotopic (exact) mass is 252 g/mol. The van der Waals surface area contributed by atoms with Crippen molar-refractivity contribution in [3.05, 3.63) is 28.0 Å². The quantitative estimate of drug-likeness (QED) is 0.645. The first-order valence-corrected chi connectivity index (χ1v) is 6.58. The lowest BCUT2D eigenvalue weighted by atomic mass is 9.93. The topological polar surface area (TPSA) is 68.3 Å². The molecule has 1 fully saturated rings. The van der Waals surface area contributed by atoms with Crippen molar-refractivity contribution in [3.63, 3.8) is 0 Å². The van der Waals surface area contributed by atoms with Gasteiger partial charge in [-0.1, -0.05) is 20.3 Å². The molecule has 5 nitrogen and oxygen atoms in total. The van der Waals surface area contributed by atoms with E-state index in [2.05, 4.69) is 19.2 Å². The van der Waals surface area contributed by atoms with Gasteiger partial charge in [-0.25, -0.2) is 0 Å². The first-order valence-electron chi connectivity index (χ1n) is 6.58. The lowest BCUT2D eigenvalue weighted by Crippen LogP contribution is -2.32. The normalized spacial score (nSPS) is 27.6. The number of hydrogen-bond acceptors (Lipinski definition) is 4. The molecule has 1 aliphatic carbocycles. The van der Waals surface area contributed by atoms with Gasteiger partial charge in [-0.2, -0.15) is 0 Å². The highest BCUT2D eigenvalue weighted by molar-refractivity contribution is 5.17. The molecule has 1 aliphatic rings. The summed E-state index contributed by atoms with van der Waals surface area (Å²) in [7, 11) is 0. The van der Waals surface area contributed by atoms with Gasteiger partial charge in [-0.15, -0.1) is 0 Å². The molecule has 18 heavy (non-hydrogen) atoms. The van der Waals surface area contributed by atoms with Crippen molar-refractivity contribution in [3.8, 4) is 0 Å². The van der Waals surface area contributed by atoms with Crippen LogP contribution in [0.5, 0.6) is 0 Å². The van der Waals surface area contributed by atoms with E-state index in [0.717, 1.165) is 5.92 Å². The fraction of sp³-hybridized carbons (Fsp3) is 0.692. The summed E-state index contributed by atoms with van der Waals surface area (Å²) < 4.78 is 5.13. The van der Waals surface area contributed by atoms with Crippen molar-refractivity contribution < 1.29 is 9.34 Å². The number of nitrogens with one attached hydrogen (secondary N) is 1. The molecule has 0 radical (unpaired) electrons. The summed E-state index contributed by atoms with van der Waals surface area (Å²) in [4.78, 5) is 9.99. The van der Waals surface area contributed by atoms with E-state index >= 15 is 0 Å². The second-order valence-electron chi connectivity index (χ2n) is 5.09. The summed E-state index contributed by atoms with van der Waals surface area (Å²) in [5, 5.41) is 13.9. The number of rotatable bonds is 5. The third-order valence-corrected chi connectivity index (χ3v) is 4.12. The zero-order valence-corrected chi connectivity index (χ0v) is 10.9. The van der Waals surface area contributed by atoms with Crippen molar-refractivity contribution >= 4 is 5.88 Å². The van der Waals surface area contributed by atoms with Crippen LogP contribution in [-0.4, -0.2) is 11.0 Å². The van der Waals surface area contributed by atoms with Gasteiger partial charge in [0.15, 0.2) is 0 Å². The van der Waals surface area contributed by atoms with Gasteiger partial charge in [0.2, 0.25) is 0 Å². The van der Waals surface area contributed by atoms with E-state index < -0.39 is 4.92 Å². The van der Waals surface area contributed by atoms with Crippen molar-refractivity contribution in [2.75, 3.05) is 0 Å². The van der Waals surface area contributed by atoms with Gasteiger partial charge >= 0.3 is 5.88 Å². The minimum absolute atomic E-state index is 0.183. The predicted octanol–water partition coefficient (Wildman–Crippen LogP) is 3.10. The highest BCUT2D eigenvalue weighted by Gasteiger charge is 2.31. The SMILES string of the molecule is CCC1CCC(NCc2ccc([N+](=O)[O-])o2)C1C. The molecule has 1 aromatic rings. The minimum atomic E-state index is -0.505. The highest BCUT2D eigenvalue weighted by atomic mass is 16.6. The van der Waals surface area contributed by atoms with Crippen LogP contribution in [0.1, 0.15) is 38.9 Å². The molecule has 100 valence electrons. The molecule has 1 heterocycles. The van der Waals surface area contributed by atoms with E-state index in [1.165, 1.54) is 25.3 Å². The van der Waals surface area contributed by atoms with E-state index in [0.29, 0.717) is 24.3 Å². The number of nitro groups is 1. The Hall–Kier alpha value is -1.36. The van der Waals surface area contributed by atoms with Crippen molar-refractivity contribution in [2.45, 2.75) is 45.7 Å². The summed E-state index contributed by atoms with van der Waals surface area (Å²) in [5.74, 6) is 1.92. The van der Waals surface area contributed by atoms with Gasteiger partial charge in [-0.05, 0) is 30.7 Å². The van der Waals surface area contributed by atoms with E-state index in [1.807, 2.05) is 0 Å². The molecular weight excluding hydrogens is 232 g/mol. The molecule has 0 amide bonds. The first-order chi connectivity index (χ1) is 8.61. The molecule has 5 heteroatoms. The van der Waals surface area contributed by atoms with Gasteiger partial charge in [0.05, 0.1) is 12.6 Å². The van der Waals surface area contributed by atoms with Crippen LogP contribution in [-0.2, 0) is 6.54 Å². The van der Waals surface area contributed by atoms with E-state index in [-0.39, 0.29) is 5.88 Å². The second-order valence-corrected chi connectivity index (χ2v) is 5.09. The maximum atomic E-state index is 10.5. The minimum Gasteiger partial charge on any atom is -0.404 e. The Morgan fingerprint density at radius 3 is 2.83 bits per heavy atom. The summed E-state index contributed by atoms with van der Waals surface area (Å²) >= 11 is 0. The average Bonchev–Trinajstić information content (AvgIpc) is 2.93. The zero-order valence-electron chi connectivity index (χ0n) is 10.9. The van der Waals surface area contributed by atoms with E-state index in [1.54, 1.807) is 6.07 Å². The largest absolute Gasteiger partial charge is 0.433 e. The van der Waals surface area contributed by atoms with Crippen LogP contribution in [0.3, 0.4) is 0 Å². The van der Waals surface area contributed by atoms with Crippen LogP contribution in [0.25, 0.3) is 0 Å². The molecule has 3 atom stereocenters. The fourth-order valence-corrected chi connectivity index (χ4v) is 2.90. The molecule has 0 aliphatic heterocycles. The van der Waals surface area contributed by atoms with Crippen molar-refractivity contribution in [1.29, 1.82) is 0 Å². The Morgan fingerprint density at radius 2 is 2.28 bits per heavy atom. The van der Waals surface area contributed by atoms with Crippen LogP contribution >= 0.6 is 0 Å². The highest BCUT2D eigenvalue weighted by Crippen LogP contribution is 2.34. The molecule has 2 rings (SSSR count). The number of nitrogens with zero attached hydrogens (tertiary/aromatic N) is 1. The van der Waals surface area contributed by atoms with E-state index in [9.17, 15) is 10.1 Å².